The number of hydrogen-bond donors (Lipinski definition) is 0. The van der Waals surface area contributed by atoms with Crippen molar-refractivity contribution in [2.24, 2.45) is 11.8 Å². The number of carbonyl (C=O) groups is 2. The van der Waals surface area contributed by atoms with Gasteiger partial charge in [-0.25, -0.2) is 0 Å². The smallest absolute Gasteiger partial charge is 0.313 e. The number of esters is 1. The molecule has 0 saturated carbocycles. The summed E-state index contributed by atoms with van der Waals surface area (Å²) in [5, 5.41) is 0. The number of nitrogens with zero attached hydrogens (tertiary/aromatic N) is 1. The lowest BCUT2D eigenvalue weighted by atomic mass is 9.77. The van der Waals surface area contributed by atoms with Crippen LogP contribution in [0.1, 0.15) is 19.4 Å². The van der Waals surface area contributed by atoms with E-state index in [4.69, 9.17) is 9.47 Å². The van der Waals surface area contributed by atoms with Gasteiger partial charge in [0.15, 0.2) is 0 Å². The molecular formula is C19H21NO4. The molecule has 2 fully saturated rings. The van der Waals surface area contributed by atoms with Crippen molar-refractivity contribution in [3.63, 3.8) is 0 Å². The number of carbonyl (C=O) groups excluding carboxylic acids is 2. The fraction of sp³-hybridized carbons (Fsp3) is 0.474. The highest BCUT2D eigenvalue weighted by atomic mass is 16.6. The van der Waals surface area contributed by atoms with E-state index in [0.29, 0.717) is 6.54 Å². The first-order valence-electron chi connectivity index (χ1n) is 8.37. The van der Waals surface area contributed by atoms with Crippen LogP contribution in [0, 0.1) is 18.8 Å². The number of hydrogen-bond acceptors (Lipinski definition) is 4. The molecular weight excluding hydrogens is 306 g/mol. The fourth-order valence-corrected chi connectivity index (χ4v) is 4.09. The van der Waals surface area contributed by atoms with E-state index in [-0.39, 0.29) is 24.1 Å². The van der Waals surface area contributed by atoms with Gasteiger partial charge in [0.2, 0.25) is 5.91 Å². The van der Waals surface area contributed by atoms with Gasteiger partial charge in [0, 0.05) is 5.69 Å². The molecule has 3 heterocycles. The topological polar surface area (TPSA) is 55.8 Å². The van der Waals surface area contributed by atoms with E-state index >= 15 is 0 Å². The number of rotatable bonds is 3. The van der Waals surface area contributed by atoms with Crippen molar-refractivity contribution >= 4 is 17.6 Å². The van der Waals surface area contributed by atoms with Crippen LogP contribution in [0.5, 0.6) is 0 Å². The zero-order chi connectivity index (χ0) is 17.1. The van der Waals surface area contributed by atoms with Crippen LogP contribution in [-0.4, -0.2) is 36.2 Å². The lowest BCUT2D eigenvalue weighted by molar-refractivity contribution is -0.156. The van der Waals surface area contributed by atoms with Crippen molar-refractivity contribution in [2.45, 2.75) is 38.6 Å². The normalized spacial score (nSPS) is 33.4. The fourth-order valence-electron chi connectivity index (χ4n) is 4.09. The number of anilines is 1. The van der Waals surface area contributed by atoms with Crippen LogP contribution in [0.15, 0.2) is 36.4 Å². The minimum absolute atomic E-state index is 0.0573. The molecule has 4 rings (SSSR count). The summed E-state index contributed by atoms with van der Waals surface area (Å²) >= 11 is 0. The average Bonchev–Trinajstić information content (AvgIpc) is 3.15. The summed E-state index contributed by atoms with van der Waals surface area (Å²) in [4.78, 5) is 27.3. The molecule has 1 amide bonds. The highest BCUT2D eigenvalue weighted by molar-refractivity contribution is 6.02. The summed E-state index contributed by atoms with van der Waals surface area (Å²) in [6.07, 6.45) is 3.29. The van der Waals surface area contributed by atoms with E-state index in [1.165, 1.54) is 0 Å². The van der Waals surface area contributed by atoms with Crippen LogP contribution in [0.3, 0.4) is 0 Å². The Morgan fingerprint density at radius 1 is 1.42 bits per heavy atom. The van der Waals surface area contributed by atoms with E-state index in [1.807, 2.05) is 57.2 Å². The molecule has 0 unspecified atom stereocenters. The predicted molar refractivity (Wildman–Crippen MR) is 88.5 cm³/mol. The van der Waals surface area contributed by atoms with Gasteiger partial charge in [-0.15, -0.1) is 0 Å². The quantitative estimate of drug-likeness (QED) is 0.631. The van der Waals surface area contributed by atoms with Crippen LogP contribution < -0.4 is 4.90 Å². The first kappa shape index (κ1) is 15.4. The lowest BCUT2D eigenvalue weighted by Crippen LogP contribution is -2.40. The van der Waals surface area contributed by atoms with E-state index in [9.17, 15) is 9.59 Å². The average molecular weight is 327 g/mol. The Balaban J connectivity index is 1.68. The minimum atomic E-state index is -0.702. The number of aryl methyl sites for hydroxylation is 1. The summed E-state index contributed by atoms with van der Waals surface area (Å²) in [6.45, 7) is 6.06. The standard InChI is InChI=1S/C19H21NO4/c1-11(2)23-18(22)15-14-7-8-19(24-14)10-20(17(21)16(15)19)13-6-4-5-12(3)9-13/h4-9,11,14-16H,10H2,1-3H3/t14-,15-,16+,19-/m1/s1. The van der Waals surface area contributed by atoms with Gasteiger partial charge in [-0.2, -0.15) is 0 Å². The summed E-state index contributed by atoms with van der Waals surface area (Å²) in [6, 6.07) is 7.82. The summed E-state index contributed by atoms with van der Waals surface area (Å²) in [7, 11) is 0. The number of fused-ring (bicyclic) bond motifs is 1. The third kappa shape index (κ3) is 2.11. The van der Waals surface area contributed by atoms with Gasteiger partial charge in [0.1, 0.15) is 11.5 Å². The van der Waals surface area contributed by atoms with Crippen molar-refractivity contribution in [1.82, 2.24) is 0 Å². The Labute approximate surface area is 141 Å². The Morgan fingerprint density at radius 2 is 2.21 bits per heavy atom. The molecule has 3 aliphatic heterocycles. The van der Waals surface area contributed by atoms with Gasteiger partial charge < -0.3 is 14.4 Å². The highest BCUT2D eigenvalue weighted by Crippen LogP contribution is 2.52. The maximum Gasteiger partial charge on any atom is 0.313 e. The number of amides is 1. The first-order chi connectivity index (χ1) is 11.4. The number of benzene rings is 1. The second-order valence-electron chi connectivity index (χ2n) is 7.15. The Bertz CT molecular complexity index is 741. The molecule has 0 aliphatic carbocycles. The van der Waals surface area contributed by atoms with E-state index in [1.54, 1.807) is 4.90 Å². The number of ether oxygens (including phenoxy) is 2. The first-order valence-corrected chi connectivity index (χ1v) is 8.37. The Morgan fingerprint density at radius 3 is 2.92 bits per heavy atom. The van der Waals surface area contributed by atoms with Crippen LogP contribution in [0.4, 0.5) is 5.69 Å². The molecule has 4 atom stereocenters. The van der Waals surface area contributed by atoms with Crippen molar-refractivity contribution in [3.8, 4) is 0 Å². The molecule has 5 heteroatoms. The molecule has 0 aromatic heterocycles. The zero-order valence-corrected chi connectivity index (χ0v) is 14.1. The second-order valence-corrected chi connectivity index (χ2v) is 7.15. The van der Waals surface area contributed by atoms with E-state index < -0.39 is 17.4 Å². The predicted octanol–water partition coefficient (Wildman–Crippen LogP) is 2.23. The van der Waals surface area contributed by atoms with Gasteiger partial charge in [0.25, 0.3) is 0 Å². The van der Waals surface area contributed by atoms with Gasteiger partial charge in [0.05, 0.1) is 24.7 Å². The molecule has 0 radical (unpaired) electrons. The molecule has 5 nitrogen and oxygen atoms in total. The summed E-state index contributed by atoms with van der Waals surface area (Å²) in [5.41, 5.74) is 1.23. The monoisotopic (exact) mass is 327 g/mol. The van der Waals surface area contributed by atoms with Crippen LogP contribution in [-0.2, 0) is 19.1 Å². The van der Waals surface area contributed by atoms with Gasteiger partial charge >= 0.3 is 5.97 Å². The third-order valence-corrected chi connectivity index (χ3v) is 5.04. The molecule has 1 spiro atoms. The van der Waals surface area contributed by atoms with Crippen LogP contribution in [0.2, 0.25) is 0 Å². The molecule has 24 heavy (non-hydrogen) atoms. The molecule has 1 aromatic carbocycles. The summed E-state index contributed by atoms with van der Waals surface area (Å²) < 4.78 is 11.5. The van der Waals surface area contributed by atoms with Gasteiger partial charge in [-0.05, 0) is 38.5 Å². The van der Waals surface area contributed by atoms with Crippen LogP contribution >= 0.6 is 0 Å². The van der Waals surface area contributed by atoms with Crippen molar-refractivity contribution in [1.29, 1.82) is 0 Å². The second kappa shape index (κ2) is 5.18. The van der Waals surface area contributed by atoms with Crippen molar-refractivity contribution in [2.75, 3.05) is 11.4 Å². The molecule has 3 aliphatic rings. The molecule has 1 aromatic rings. The van der Waals surface area contributed by atoms with Gasteiger partial charge in [-0.1, -0.05) is 24.3 Å². The van der Waals surface area contributed by atoms with Crippen LogP contribution in [0.25, 0.3) is 0 Å². The molecule has 2 saturated heterocycles. The summed E-state index contributed by atoms with van der Waals surface area (Å²) in [5.74, 6) is -1.46. The maximum atomic E-state index is 13.1. The van der Waals surface area contributed by atoms with E-state index in [0.717, 1.165) is 11.3 Å². The van der Waals surface area contributed by atoms with Gasteiger partial charge in [-0.3, -0.25) is 9.59 Å². The van der Waals surface area contributed by atoms with E-state index in [2.05, 4.69) is 0 Å². The minimum Gasteiger partial charge on any atom is -0.463 e. The Kier molecular flexibility index (Phi) is 3.32. The lowest BCUT2D eigenvalue weighted by Gasteiger charge is -2.23. The SMILES string of the molecule is Cc1cccc(N2C[C@@]34C=C[C@@H](O3)[C@@H](C(=O)OC(C)C)[C@H]4C2=O)c1. The zero-order valence-electron chi connectivity index (χ0n) is 14.1. The van der Waals surface area contributed by atoms with Crippen molar-refractivity contribution < 1.29 is 19.1 Å². The Hall–Kier alpha value is -2.14. The molecule has 2 bridgehead atoms. The molecule has 126 valence electrons. The molecule has 0 N–H and O–H groups in total. The van der Waals surface area contributed by atoms with Crippen molar-refractivity contribution in [3.05, 3.63) is 42.0 Å². The largest absolute Gasteiger partial charge is 0.463 e. The third-order valence-electron chi connectivity index (χ3n) is 5.04. The maximum absolute atomic E-state index is 13.1. The highest BCUT2D eigenvalue weighted by Gasteiger charge is 2.67.